The van der Waals surface area contributed by atoms with E-state index in [0.717, 1.165) is 5.56 Å². The summed E-state index contributed by atoms with van der Waals surface area (Å²) in [6, 6.07) is 3.75. The minimum absolute atomic E-state index is 0. The third kappa shape index (κ3) is 2.42. The van der Waals surface area contributed by atoms with Crippen LogP contribution in [-0.2, 0) is 0 Å². The van der Waals surface area contributed by atoms with E-state index in [0.29, 0.717) is 17.2 Å². The number of ether oxygens (including phenoxy) is 2. The second-order valence-corrected chi connectivity index (χ2v) is 2.58. The number of aryl methyl sites for hydroxylation is 1. The highest BCUT2D eigenvalue weighted by atomic mass is 35.5. The highest BCUT2D eigenvalue weighted by molar-refractivity contribution is 5.85. The Hall–Kier alpha value is -1.09. The molecule has 74 valence electrons. The molecular formula is C9H14ClNO2. The summed E-state index contributed by atoms with van der Waals surface area (Å²) in [5.41, 5.74) is 7.34. The van der Waals surface area contributed by atoms with Crippen LogP contribution in [0.2, 0.25) is 0 Å². The van der Waals surface area contributed by atoms with E-state index in [1.54, 1.807) is 14.2 Å². The van der Waals surface area contributed by atoms with Gasteiger partial charge in [-0.1, -0.05) is 0 Å². The number of halogens is 1. The van der Waals surface area contributed by atoms with Gasteiger partial charge < -0.3 is 15.2 Å². The van der Waals surface area contributed by atoms with Gasteiger partial charge in [-0.05, 0) is 24.6 Å². The van der Waals surface area contributed by atoms with Gasteiger partial charge >= 0.3 is 0 Å². The predicted octanol–water partition coefficient (Wildman–Crippen LogP) is 2.02. The zero-order valence-electron chi connectivity index (χ0n) is 7.96. The molecular weight excluding hydrogens is 190 g/mol. The van der Waals surface area contributed by atoms with E-state index in [-0.39, 0.29) is 12.4 Å². The molecule has 0 saturated heterocycles. The summed E-state index contributed by atoms with van der Waals surface area (Å²) in [5, 5.41) is 0. The zero-order chi connectivity index (χ0) is 9.14. The first-order valence-corrected chi connectivity index (χ1v) is 3.67. The fraction of sp³-hybridized carbons (Fsp3) is 0.333. The quantitative estimate of drug-likeness (QED) is 0.748. The average molecular weight is 204 g/mol. The summed E-state index contributed by atoms with van der Waals surface area (Å²) in [7, 11) is 3.18. The second kappa shape index (κ2) is 4.82. The summed E-state index contributed by atoms with van der Waals surface area (Å²) in [6.07, 6.45) is 0. The van der Waals surface area contributed by atoms with E-state index in [1.807, 2.05) is 19.1 Å². The molecule has 4 heteroatoms. The number of benzene rings is 1. The Labute approximate surface area is 84.2 Å². The molecule has 0 amide bonds. The van der Waals surface area contributed by atoms with Gasteiger partial charge in [-0.15, -0.1) is 12.4 Å². The molecule has 0 aliphatic carbocycles. The van der Waals surface area contributed by atoms with Gasteiger partial charge in [0.2, 0.25) is 0 Å². The molecule has 0 bridgehead atoms. The molecule has 0 aromatic heterocycles. The Morgan fingerprint density at radius 1 is 1.08 bits per heavy atom. The van der Waals surface area contributed by atoms with Crippen molar-refractivity contribution in [3.8, 4) is 11.5 Å². The van der Waals surface area contributed by atoms with Crippen LogP contribution >= 0.6 is 12.4 Å². The van der Waals surface area contributed by atoms with Gasteiger partial charge in [0.05, 0.1) is 14.2 Å². The number of rotatable bonds is 2. The summed E-state index contributed by atoms with van der Waals surface area (Å²) < 4.78 is 10.1. The molecule has 0 radical (unpaired) electrons. The van der Waals surface area contributed by atoms with E-state index in [2.05, 4.69) is 0 Å². The van der Waals surface area contributed by atoms with Crippen LogP contribution in [0, 0.1) is 6.92 Å². The number of hydrogen-bond donors (Lipinski definition) is 1. The molecule has 1 aromatic carbocycles. The fourth-order valence-corrected chi connectivity index (χ4v) is 1.07. The van der Waals surface area contributed by atoms with E-state index < -0.39 is 0 Å². The maximum absolute atomic E-state index is 5.72. The minimum atomic E-state index is 0. The predicted molar refractivity (Wildman–Crippen MR) is 55.9 cm³/mol. The van der Waals surface area contributed by atoms with Crippen LogP contribution in [0.3, 0.4) is 0 Å². The summed E-state index contributed by atoms with van der Waals surface area (Å²) >= 11 is 0. The molecule has 3 nitrogen and oxygen atoms in total. The van der Waals surface area contributed by atoms with E-state index in [1.165, 1.54) is 0 Å². The van der Waals surface area contributed by atoms with Crippen LogP contribution < -0.4 is 15.2 Å². The number of anilines is 1. The van der Waals surface area contributed by atoms with Crippen LogP contribution in [0.4, 0.5) is 5.69 Å². The molecule has 0 fully saturated rings. The smallest absolute Gasteiger partial charge is 0.145 e. The number of hydrogen-bond acceptors (Lipinski definition) is 3. The molecule has 0 spiro atoms. The van der Waals surface area contributed by atoms with Crippen LogP contribution in [0.15, 0.2) is 12.1 Å². The maximum atomic E-state index is 5.72. The van der Waals surface area contributed by atoms with E-state index in [4.69, 9.17) is 15.2 Å². The van der Waals surface area contributed by atoms with Crippen LogP contribution in [0.1, 0.15) is 5.56 Å². The van der Waals surface area contributed by atoms with Gasteiger partial charge in [-0.25, -0.2) is 0 Å². The molecule has 2 N–H and O–H groups in total. The molecule has 0 atom stereocenters. The average Bonchev–Trinajstić information content (AvgIpc) is 2.08. The molecule has 0 aliphatic heterocycles. The summed E-state index contributed by atoms with van der Waals surface area (Å²) in [4.78, 5) is 0. The van der Waals surface area contributed by atoms with Gasteiger partial charge in [-0.3, -0.25) is 0 Å². The van der Waals surface area contributed by atoms with Crippen molar-refractivity contribution in [3.63, 3.8) is 0 Å². The van der Waals surface area contributed by atoms with Gasteiger partial charge in [-0.2, -0.15) is 0 Å². The Kier molecular flexibility index (Phi) is 4.42. The minimum Gasteiger partial charge on any atom is -0.494 e. The molecule has 0 unspecified atom stereocenters. The topological polar surface area (TPSA) is 44.5 Å². The first kappa shape index (κ1) is 11.9. The van der Waals surface area contributed by atoms with Crippen LogP contribution in [0.5, 0.6) is 11.5 Å². The molecule has 0 heterocycles. The first-order valence-electron chi connectivity index (χ1n) is 3.67. The first-order chi connectivity index (χ1) is 5.69. The second-order valence-electron chi connectivity index (χ2n) is 2.58. The Morgan fingerprint density at radius 2 is 1.46 bits per heavy atom. The fourth-order valence-electron chi connectivity index (χ4n) is 1.07. The molecule has 13 heavy (non-hydrogen) atoms. The van der Waals surface area contributed by atoms with Crippen molar-refractivity contribution in [1.29, 1.82) is 0 Å². The Bertz CT molecular complexity index is 264. The highest BCUT2D eigenvalue weighted by Gasteiger charge is 2.06. The third-order valence-electron chi connectivity index (χ3n) is 1.69. The van der Waals surface area contributed by atoms with Crippen molar-refractivity contribution in [2.75, 3.05) is 20.0 Å². The standard InChI is InChI=1S/C9H13NO2.ClH/c1-6-4-7(11-2)9(10)8(5-6)12-3;/h4-5H,10H2,1-3H3;1H. The monoisotopic (exact) mass is 203 g/mol. The van der Waals surface area contributed by atoms with Gasteiger partial charge in [0.25, 0.3) is 0 Å². The zero-order valence-corrected chi connectivity index (χ0v) is 8.77. The van der Waals surface area contributed by atoms with Crippen molar-refractivity contribution in [1.82, 2.24) is 0 Å². The molecule has 1 rings (SSSR count). The van der Waals surface area contributed by atoms with Crippen molar-refractivity contribution in [2.24, 2.45) is 0 Å². The number of nitrogens with two attached hydrogens (primary N) is 1. The normalized spacial score (nSPS) is 8.85. The van der Waals surface area contributed by atoms with Crippen molar-refractivity contribution >= 4 is 18.1 Å². The Balaban J connectivity index is 0.00000144. The summed E-state index contributed by atoms with van der Waals surface area (Å²) in [5.74, 6) is 1.32. The van der Waals surface area contributed by atoms with Crippen molar-refractivity contribution < 1.29 is 9.47 Å². The van der Waals surface area contributed by atoms with E-state index >= 15 is 0 Å². The molecule has 0 saturated carbocycles. The third-order valence-corrected chi connectivity index (χ3v) is 1.69. The lowest BCUT2D eigenvalue weighted by Crippen LogP contribution is -1.97. The molecule has 0 aliphatic rings. The molecule has 1 aromatic rings. The Morgan fingerprint density at radius 3 is 1.77 bits per heavy atom. The number of nitrogen functional groups attached to an aromatic ring is 1. The van der Waals surface area contributed by atoms with Gasteiger partial charge in [0.1, 0.15) is 17.2 Å². The lowest BCUT2D eigenvalue weighted by molar-refractivity contribution is 0.398. The largest absolute Gasteiger partial charge is 0.494 e. The SMILES string of the molecule is COc1cc(C)cc(OC)c1N.Cl. The number of methoxy groups -OCH3 is 2. The van der Waals surface area contributed by atoms with Gasteiger partial charge in [0.15, 0.2) is 0 Å². The lowest BCUT2D eigenvalue weighted by Gasteiger charge is -2.09. The van der Waals surface area contributed by atoms with Gasteiger partial charge in [0, 0.05) is 0 Å². The maximum Gasteiger partial charge on any atom is 0.145 e. The van der Waals surface area contributed by atoms with Crippen molar-refractivity contribution in [2.45, 2.75) is 6.92 Å². The van der Waals surface area contributed by atoms with Crippen LogP contribution in [0.25, 0.3) is 0 Å². The van der Waals surface area contributed by atoms with E-state index in [9.17, 15) is 0 Å². The van der Waals surface area contributed by atoms with Crippen LogP contribution in [-0.4, -0.2) is 14.2 Å². The summed E-state index contributed by atoms with van der Waals surface area (Å²) in [6.45, 7) is 1.96. The highest BCUT2D eigenvalue weighted by Crippen LogP contribution is 2.32. The van der Waals surface area contributed by atoms with Crippen molar-refractivity contribution in [3.05, 3.63) is 17.7 Å². The lowest BCUT2D eigenvalue weighted by atomic mass is 10.2.